The van der Waals surface area contributed by atoms with Crippen molar-refractivity contribution < 1.29 is 19.4 Å². The molecule has 2 heterocycles. The largest absolute Gasteiger partial charge is 0.491 e. The number of benzene rings is 3. The Bertz CT molecular complexity index is 1390. The minimum absolute atomic E-state index is 0.125. The molecule has 0 fully saturated rings. The number of nitrogens with one attached hydrogen (secondary N) is 1. The van der Waals surface area contributed by atoms with Gasteiger partial charge in [-0.1, -0.05) is 48.5 Å². The number of aliphatic carboxylic acids is 1. The summed E-state index contributed by atoms with van der Waals surface area (Å²) in [7, 11) is 0. The van der Waals surface area contributed by atoms with Crippen LogP contribution in [-0.4, -0.2) is 33.6 Å². The number of carbonyl (C=O) groups excluding carboxylic acids is 1. The molecule has 1 unspecified atom stereocenters. The van der Waals surface area contributed by atoms with Gasteiger partial charge in [-0.25, -0.2) is 9.97 Å². The van der Waals surface area contributed by atoms with Crippen molar-refractivity contribution in [1.29, 1.82) is 0 Å². The van der Waals surface area contributed by atoms with E-state index in [2.05, 4.69) is 5.32 Å². The maximum atomic E-state index is 13.0. The highest BCUT2D eigenvalue weighted by atomic mass is 16.5. The second-order valence-corrected chi connectivity index (χ2v) is 8.56. The Morgan fingerprint density at radius 3 is 2.57 bits per heavy atom. The van der Waals surface area contributed by atoms with E-state index in [1.165, 1.54) is 0 Å². The number of nitrogens with zero attached hydrogens (tertiary/aromatic N) is 2. The number of carboxylic acid groups (broad SMARTS) is 1. The summed E-state index contributed by atoms with van der Waals surface area (Å²) in [6.07, 6.45) is 1.98. The van der Waals surface area contributed by atoms with E-state index in [0.717, 1.165) is 28.3 Å². The fourth-order valence-electron chi connectivity index (χ4n) is 4.33. The maximum absolute atomic E-state index is 13.0. The zero-order valence-corrected chi connectivity index (χ0v) is 19.1. The predicted octanol–water partition coefficient (Wildman–Crippen LogP) is 4.96. The van der Waals surface area contributed by atoms with E-state index < -0.39 is 5.97 Å². The topological polar surface area (TPSA) is 101 Å². The van der Waals surface area contributed by atoms with Crippen LogP contribution >= 0.6 is 0 Å². The van der Waals surface area contributed by atoms with Crippen LogP contribution < -0.4 is 10.1 Å². The second kappa shape index (κ2) is 9.93. The number of carbonyl (C=O) groups is 2. The summed E-state index contributed by atoms with van der Waals surface area (Å²) in [6.45, 7) is 0.402. The van der Waals surface area contributed by atoms with Gasteiger partial charge in [-0.2, -0.15) is 0 Å². The van der Waals surface area contributed by atoms with Crippen LogP contribution in [0.2, 0.25) is 0 Å². The van der Waals surface area contributed by atoms with Crippen LogP contribution in [0.1, 0.15) is 46.9 Å². The molecule has 2 N–H and O–H groups in total. The van der Waals surface area contributed by atoms with Gasteiger partial charge in [0.1, 0.15) is 12.4 Å². The van der Waals surface area contributed by atoms with Gasteiger partial charge in [0.15, 0.2) is 0 Å². The van der Waals surface area contributed by atoms with Crippen LogP contribution in [0.15, 0.2) is 72.8 Å². The number of aryl methyl sites for hydroxylation is 1. The van der Waals surface area contributed by atoms with Crippen LogP contribution in [0.4, 0.5) is 0 Å². The molecule has 176 valence electrons. The molecular formula is C28H25N3O4. The Kier molecular flexibility index (Phi) is 6.39. The highest BCUT2D eigenvalue weighted by Gasteiger charge is 2.25. The normalized spacial score (nSPS) is 14.3. The first-order valence-electron chi connectivity index (χ1n) is 11.7. The number of carboxylic acids is 1. The average molecular weight is 468 g/mol. The standard InChI is InChI=1S/C28H25N3O4/c32-26(33)13-7-5-11-22-27(18-8-2-1-3-9-18)30-21-15-14-19(16-23(21)29-22)28(34)31-24-17-35-25-12-6-4-10-20(24)25/h1-4,6,8-10,12,14-16,24H,5,7,11,13,17H2,(H,31,34)(H,32,33). The second-order valence-electron chi connectivity index (χ2n) is 8.56. The number of amides is 1. The van der Waals surface area contributed by atoms with Gasteiger partial charge in [0, 0.05) is 23.1 Å². The monoisotopic (exact) mass is 467 g/mol. The van der Waals surface area contributed by atoms with Crippen LogP contribution in [0.5, 0.6) is 5.75 Å². The van der Waals surface area contributed by atoms with Crippen molar-refractivity contribution in [3.05, 3.63) is 89.6 Å². The first-order chi connectivity index (χ1) is 17.1. The lowest BCUT2D eigenvalue weighted by Gasteiger charge is -2.13. The lowest BCUT2D eigenvalue weighted by molar-refractivity contribution is -0.137. The minimum atomic E-state index is -0.802. The van der Waals surface area contributed by atoms with Gasteiger partial charge >= 0.3 is 5.97 Å². The summed E-state index contributed by atoms with van der Waals surface area (Å²) < 4.78 is 5.68. The highest BCUT2D eigenvalue weighted by Crippen LogP contribution is 2.32. The third kappa shape index (κ3) is 4.99. The molecule has 1 aliphatic heterocycles. The Labute approximate surface area is 202 Å². The summed E-state index contributed by atoms with van der Waals surface area (Å²) in [5.41, 5.74) is 5.34. The number of rotatable bonds is 8. The van der Waals surface area contributed by atoms with Gasteiger partial charge in [0.2, 0.25) is 0 Å². The molecule has 0 saturated heterocycles. The third-order valence-corrected chi connectivity index (χ3v) is 6.11. The molecular weight excluding hydrogens is 442 g/mol. The molecule has 4 aromatic rings. The van der Waals surface area contributed by atoms with Gasteiger partial charge in [-0.3, -0.25) is 9.59 Å². The number of hydrogen-bond acceptors (Lipinski definition) is 5. The first kappa shape index (κ1) is 22.5. The van der Waals surface area contributed by atoms with Gasteiger partial charge in [0.05, 0.1) is 28.5 Å². The molecule has 1 atom stereocenters. The van der Waals surface area contributed by atoms with E-state index in [-0.39, 0.29) is 18.4 Å². The van der Waals surface area contributed by atoms with E-state index in [0.29, 0.717) is 42.5 Å². The lowest BCUT2D eigenvalue weighted by atomic mass is 10.0. The van der Waals surface area contributed by atoms with Crippen LogP contribution in [0.25, 0.3) is 22.3 Å². The number of para-hydroxylation sites is 1. The summed E-state index contributed by atoms with van der Waals surface area (Å²) in [5, 5.41) is 12.0. The van der Waals surface area contributed by atoms with E-state index >= 15 is 0 Å². The van der Waals surface area contributed by atoms with Gasteiger partial charge in [0.25, 0.3) is 5.91 Å². The molecule has 35 heavy (non-hydrogen) atoms. The van der Waals surface area contributed by atoms with Gasteiger partial charge < -0.3 is 15.2 Å². The molecule has 5 rings (SSSR count). The fraction of sp³-hybridized carbons (Fsp3) is 0.214. The van der Waals surface area contributed by atoms with Crippen LogP contribution in [0.3, 0.4) is 0 Å². The van der Waals surface area contributed by atoms with Crippen molar-refractivity contribution in [1.82, 2.24) is 15.3 Å². The minimum Gasteiger partial charge on any atom is -0.491 e. The Hall–Kier alpha value is -4.26. The van der Waals surface area contributed by atoms with Crippen molar-refractivity contribution >= 4 is 22.9 Å². The van der Waals surface area contributed by atoms with Gasteiger partial charge in [-0.05, 0) is 43.5 Å². The Balaban J connectivity index is 1.42. The molecule has 1 aliphatic rings. The van der Waals surface area contributed by atoms with E-state index in [1.807, 2.05) is 60.7 Å². The lowest BCUT2D eigenvalue weighted by Crippen LogP contribution is -2.29. The maximum Gasteiger partial charge on any atom is 0.303 e. The van der Waals surface area contributed by atoms with Crippen molar-refractivity contribution in [2.75, 3.05) is 6.61 Å². The predicted molar refractivity (Wildman–Crippen MR) is 132 cm³/mol. The SMILES string of the molecule is O=C(O)CCCCc1nc2cc(C(=O)NC3COc4ccccc43)ccc2nc1-c1ccccc1. The summed E-state index contributed by atoms with van der Waals surface area (Å²) in [4.78, 5) is 33.7. The first-order valence-corrected chi connectivity index (χ1v) is 11.7. The summed E-state index contributed by atoms with van der Waals surface area (Å²) in [5.74, 6) is -0.207. The fourth-order valence-corrected chi connectivity index (χ4v) is 4.33. The van der Waals surface area contributed by atoms with Gasteiger partial charge in [-0.15, -0.1) is 0 Å². The number of unbranched alkanes of at least 4 members (excludes halogenated alkanes) is 1. The number of ether oxygens (including phenoxy) is 1. The number of hydrogen-bond donors (Lipinski definition) is 2. The van der Waals surface area contributed by atoms with Crippen molar-refractivity contribution in [2.45, 2.75) is 31.7 Å². The summed E-state index contributed by atoms with van der Waals surface area (Å²) >= 11 is 0. The number of aromatic nitrogens is 2. The molecule has 0 aliphatic carbocycles. The third-order valence-electron chi connectivity index (χ3n) is 6.11. The van der Waals surface area contributed by atoms with Crippen molar-refractivity contribution in [3.63, 3.8) is 0 Å². The molecule has 0 radical (unpaired) electrons. The summed E-state index contributed by atoms with van der Waals surface area (Å²) in [6, 6.07) is 22.7. The molecule has 0 bridgehead atoms. The van der Waals surface area contributed by atoms with Crippen LogP contribution in [0, 0.1) is 0 Å². The molecule has 7 nitrogen and oxygen atoms in total. The smallest absolute Gasteiger partial charge is 0.303 e. The van der Waals surface area contributed by atoms with Crippen molar-refractivity contribution in [2.24, 2.45) is 0 Å². The van der Waals surface area contributed by atoms with E-state index in [9.17, 15) is 9.59 Å². The van der Waals surface area contributed by atoms with E-state index in [4.69, 9.17) is 19.8 Å². The molecule has 1 amide bonds. The zero-order valence-electron chi connectivity index (χ0n) is 19.1. The molecule has 3 aromatic carbocycles. The van der Waals surface area contributed by atoms with Crippen molar-refractivity contribution in [3.8, 4) is 17.0 Å². The Morgan fingerprint density at radius 2 is 1.74 bits per heavy atom. The molecule has 0 spiro atoms. The molecule has 1 aromatic heterocycles. The highest BCUT2D eigenvalue weighted by molar-refractivity contribution is 5.97. The Morgan fingerprint density at radius 1 is 0.943 bits per heavy atom. The van der Waals surface area contributed by atoms with E-state index in [1.54, 1.807) is 12.1 Å². The number of fused-ring (bicyclic) bond motifs is 2. The average Bonchev–Trinajstić information content (AvgIpc) is 3.29. The quantitative estimate of drug-likeness (QED) is 0.355. The van der Waals surface area contributed by atoms with Crippen LogP contribution in [-0.2, 0) is 11.2 Å². The molecule has 0 saturated carbocycles. The molecule has 7 heteroatoms. The zero-order chi connectivity index (χ0) is 24.2.